The van der Waals surface area contributed by atoms with Crippen molar-refractivity contribution in [1.82, 2.24) is 25.4 Å². The number of aliphatic imine (C=N–C) groups is 1. The summed E-state index contributed by atoms with van der Waals surface area (Å²) in [6.45, 7) is 4.42. The zero-order valence-corrected chi connectivity index (χ0v) is 17.5. The van der Waals surface area contributed by atoms with Gasteiger partial charge in [-0.25, -0.2) is 0 Å². The van der Waals surface area contributed by atoms with Gasteiger partial charge in [0.05, 0.1) is 6.54 Å². The first kappa shape index (κ1) is 19.8. The van der Waals surface area contributed by atoms with Crippen molar-refractivity contribution in [3.63, 3.8) is 0 Å². The van der Waals surface area contributed by atoms with Crippen LogP contribution in [0.4, 0.5) is 0 Å². The number of hydrogen-bond donors (Lipinski definition) is 3. The molecule has 6 heteroatoms. The maximum absolute atomic E-state index is 4.37. The highest BCUT2D eigenvalue weighted by Crippen LogP contribution is 2.21. The van der Waals surface area contributed by atoms with Crippen LogP contribution in [0.5, 0.6) is 0 Å². The van der Waals surface area contributed by atoms with Crippen molar-refractivity contribution in [2.45, 2.75) is 26.4 Å². The molecule has 0 amide bonds. The summed E-state index contributed by atoms with van der Waals surface area (Å²) in [7, 11) is 1.81. The summed E-state index contributed by atoms with van der Waals surface area (Å²) in [4.78, 5) is 7.77. The molecule has 0 aliphatic heterocycles. The van der Waals surface area contributed by atoms with Crippen molar-refractivity contribution in [2.75, 3.05) is 13.6 Å². The first-order valence-corrected chi connectivity index (χ1v) is 10.3. The van der Waals surface area contributed by atoms with E-state index in [-0.39, 0.29) is 0 Å². The van der Waals surface area contributed by atoms with Crippen molar-refractivity contribution in [3.8, 4) is 0 Å². The standard InChI is InChI=1S/C24H28N6/c1-18-7-5-10-22-20(16-27-23(18)22)11-13-26-24(25-2)28-15-19-8-3-4-9-21(19)17-30-14-6-12-29-30/h3-10,12,14,16,27H,11,13,15,17H2,1-2H3,(H2,25,26,28). The summed E-state index contributed by atoms with van der Waals surface area (Å²) in [6, 6.07) is 16.8. The predicted octanol–water partition coefficient (Wildman–Crippen LogP) is 3.63. The third-order valence-corrected chi connectivity index (χ3v) is 5.38. The summed E-state index contributed by atoms with van der Waals surface area (Å²) in [5.74, 6) is 0.805. The largest absolute Gasteiger partial charge is 0.361 e. The molecule has 4 rings (SSSR count). The molecular weight excluding hydrogens is 372 g/mol. The van der Waals surface area contributed by atoms with Gasteiger partial charge in [0.15, 0.2) is 5.96 Å². The Bertz CT molecular complexity index is 1120. The second kappa shape index (κ2) is 9.31. The van der Waals surface area contributed by atoms with Crippen molar-refractivity contribution in [1.29, 1.82) is 0 Å². The average Bonchev–Trinajstić information content (AvgIpc) is 3.42. The Morgan fingerprint density at radius 3 is 2.70 bits per heavy atom. The SMILES string of the molecule is CN=C(NCCc1c[nH]c2c(C)cccc12)NCc1ccccc1Cn1cccn1. The summed E-state index contributed by atoms with van der Waals surface area (Å²) in [5.41, 5.74) is 6.31. The van der Waals surface area contributed by atoms with E-state index in [9.17, 15) is 0 Å². The Kier molecular flexibility index (Phi) is 6.13. The summed E-state index contributed by atoms with van der Waals surface area (Å²) < 4.78 is 1.94. The molecule has 0 bridgehead atoms. The number of guanidine groups is 1. The van der Waals surface area contributed by atoms with Crippen LogP contribution in [-0.2, 0) is 19.5 Å². The second-order valence-corrected chi connectivity index (χ2v) is 7.39. The van der Waals surface area contributed by atoms with E-state index in [0.717, 1.165) is 25.5 Å². The number of aromatic nitrogens is 3. The molecule has 30 heavy (non-hydrogen) atoms. The summed E-state index contributed by atoms with van der Waals surface area (Å²) in [5, 5.41) is 12.5. The third kappa shape index (κ3) is 4.54. The van der Waals surface area contributed by atoms with Crippen LogP contribution in [0.3, 0.4) is 0 Å². The van der Waals surface area contributed by atoms with E-state index in [1.54, 1.807) is 7.05 Å². The number of nitrogens with zero attached hydrogens (tertiary/aromatic N) is 3. The van der Waals surface area contributed by atoms with Crippen LogP contribution in [0.2, 0.25) is 0 Å². The Labute approximate surface area is 177 Å². The molecule has 0 aliphatic carbocycles. The van der Waals surface area contributed by atoms with Gasteiger partial charge in [0.2, 0.25) is 0 Å². The van der Waals surface area contributed by atoms with Crippen molar-refractivity contribution >= 4 is 16.9 Å². The fourth-order valence-corrected chi connectivity index (χ4v) is 3.74. The van der Waals surface area contributed by atoms with Crippen LogP contribution < -0.4 is 10.6 Å². The van der Waals surface area contributed by atoms with E-state index in [1.165, 1.54) is 33.2 Å². The van der Waals surface area contributed by atoms with Crippen LogP contribution in [0.25, 0.3) is 10.9 Å². The smallest absolute Gasteiger partial charge is 0.191 e. The van der Waals surface area contributed by atoms with E-state index in [0.29, 0.717) is 6.54 Å². The Morgan fingerprint density at radius 1 is 1.03 bits per heavy atom. The lowest BCUT2D eigenvalue weighted by Gasteiger charge is -2.14. The molecule has 0 unspecified atom stereocenters. The number of para-hydroxylation sites is 1. The lowest BCUT2D eigenvalue weighted by Crippen LogP contribution is -2.38. The minimum Gasteiger partial charge on any atom is -0.361 e. The van der Waals surface area contributed by atoms with Gasteiger partial charge in [0.1, 0.15) is 0 Å². The molecule has 0 spiro atoms. The van der Waals surface area contributed by atoms with E-state index >= 15 is 0 Å². The van der Waals surface area contributed by atoms with Crippen LogP contribution in [0.15, 0.2) is 72.1 Å². The molecule has 154 valence electrons. The fourth-order valence-electron chi connectivity index (χ4n) is 3.74. The number of hydrogen-bond acceptors (Lipinski definition) is 2. The Hall–Kier alpha value is -3.54. The Morgan fingerprint density at radius 2 is 1.90 bits per heavy atom. The quantitative estimate of drug-likeness (QED) is 0.328. The van der Waals surface area contributed by atoms with Gasteiger partial charge in [-0.15, -0.1) is 0 Å². The van der Waals surface area contributed by atoms with Crippen molar-refractivity contribution in [3.05, 3.63) is 89.4 Å². The van der Waals surface area contributed by atoms with Gasteiger partial charge in [-0.1, -0.05) is 42.5 Å². The van der Waals surface area contributed by atoms with Crippen molar-refractivity contribution < 1.29 is 0 Å². The maximum Gasteiger partial charge on any atom is 0.191 e. The number of nitrogens with one attached hydrogen (secondary N) is 3. The number of aromatic amines is 1. The first-order valence-electron chi connectivity index (χ1n) is 10.3. The van der Waals surface area contributed by atoms with Gasteiger partial charge in [0.25, 0.3) is 0 Å². The van der Waals surface area contributed by atoms with Gasteiger partial charge in [-0.05, 0) is 41.7 Å². The summed E-state index contributed by atoms with van der Waals surface area (Å²) >= 11 is 0. The summed E-state index contributed by atoms with van der Waals surface area (Å²) in [6.07, 6.45) is 6.83. The van der Waals surface area contributed by atoms with Crippen LogP contribution in [0, 0.1) is 6.92 Å². The molecule has 2 aromatic heterocycles. The molecular formula is C24H28N6. The minimum absolute atomic E-state index is 0.712. The third-order valence-electron chi connectivity index (χ3n) is 5.38. The fraction of sp³-hybridized carbons (Fsp3) is 0.250. The molecule has 0 aliphatic rings. The van der Waals surface area contributed by atoms with Gasteiger partial charge in [-0.2, -0.15) is 5.10 Å². The number of rotatable bonds is 7. The van der Waals surface area contributed by atoms with Gasteiger partial charge < -0.3 is 15.6 Å². The van der Waals surface area contributed by atoms with Gasteiger partial charge >= 0.3 is 0 Å². The zero-order valence-electron chi connectivity index (χ0n) is 17.5. The van der Waals surface area contributed by atoms with Crippen LogP contribution >= 0.6 is 0 Å². The molecule has 6 nitrogen and oxygen atoms in total. The molecule has 4 aromatic rings. The van der Waals surface area contributed by atoms with Gasteiger partial charge in [0, 0.05) is 49.6 Å². The molecule has 0 atom stereocenters. The number of benzene rings is 2. The number of aryl methyl sites for hydroxylation is 1. The van der Waals surface area contributed by atoms with E-state index < -0.39 is 0 Å². The highest BCUT2D eigenvalue weighted by atomic mass is 15.3. The molecule has 2 aromatic carbocycles. The minimum atomic E-state index is 0.712. The first-order chi connectivity index (χ1) is 14.7. The Balaban J connectivity index is 1.33. The normalized spacial score (nSPS) is 11.7. The predicted molar refractivity (Wildman–Crippen MR) is 123 cm³/mol. The zero-order chi connectivity index (χ0) is 20.8. The average molecular weight is 401 g/mol. The monoisotopic (exact) mass is 400 g/mol. The molecule has 2 heterocycles. The second-order valence-electron chi connectivity index (χ2n) is 7.39. The number of fused-ring (bicyclic) bond motifs is 1. The molecule has 3 N–H and O–H groups in total. The van der Waals surface area contributed by atoms with Gasteiger partial charge in [-0.3, -0.25) is 9.67 Å². The van der Waals surface area contributed by atoms with Crippen LogP contribution in [0.1, 0.15) is 22.3 Å². The highest BCUT2D eigenvalue weighted by Gasteiger charge is 2.07. The molecule has 0 saturated heterocycles. The highest BCUT2D eigenvalue weighted by molar-refractivity contribution is 5.86. The lowest BCUT2D eigenvalue weighted by molar-refractivity contribution is 0.677. The van der Waals surface area contributed by atoms with E-state index in [4.69, 9.17) is 0 Å². The molecule has 0 saturated carbocycles. The number of H-pyrrole nitrogens is 1. The van der Waals surface area contributed by atoms with E-state index in [2.05, 4.69) is 81.3 Å². The van der Waals surface area contributed by atoms with Crippen molar-refractivity contribution in [2.24, 2.45) is 4.99 Å². The van der Waals surface area contributed by atoms with E-state index in [1.807, 2.05) is 23.1 Å². The maximum atomic E-state index is 4.37. The topological polar surface area (TPSA) is 70.0 Å². The lowest BCUT2D eigenvalue weighted by atomic mass is 10.1. The van der Waals surface area contributed by atoms with Crippen LogP contribution in [-0.4, -0.2) is 34.3 Å². The molecule has 0 radical (unpaired) electrons. The molecule has 0 fully saturated rings.